The minimum Gasteiger partial charge on any atom is -0.355 e. The Morgan fingerprint density at radius 2 is 2.07 bits per heavy atom. The van der Waals surface area contributed by atoms with E-state index in [1.807, 2.05) is 6.92 Å². The second-order valence-electron chi connectivity index (χ2n) is 4.45. The number of rotatable bonds is 4. The molecule has 0 aromatic rings. The zero-order chi connectivity index (χ0) is 10.6. The summed E-state index contributed by atoms with van der Waals surface area (Å²) in [5.74, 6) is 0.0630. The molecule has 1 fully saturated rings. The van der Waals surface area contributed by atoms with Crippen LogP contribution in [0.1, 0.15) is 46.0 Å². The van der Waals surface area contributed by atoms with Crippen molar-refractivity contribution in [3.05, 3.63) is 0 Å². The van der Waals surface area contributed by atoms with E-state index in [9.17, 15) is 4.79 Å². The van der Waals surface area contributed by atoms with E-state index >= 15 is 0 Å². The molecule has 14 heavy (non-hydrogen) atoms. The standard InChI is InChI=1S/C11H21NOS/c1-3-11(6-4-5-7-11)8-12-10(13)9(2)14/h9,14H,3-8H2,1-2H3,(H,12,13). The van der Waals surface area contributed by atoms with E-state index in [-0.39, 0.29) is 11.2 Å². The molecule has 1 aliphatic rings. The molecular weight excluding hydrogens is 194 g/mol. The molecule has 0 heterocycles. The van der Waals surface area contributed by atoms with E-state index in [1.165, 1.54) is 32.1 Å². The second-order valence-corrected chi connectivity index (χ2v) is 5.23. The molecule has 2 nitrogen and oxygen atoms in total. The molecule has 1 N–H and O–H groups in total. The zero-order valence-corrected chi connectivity index (χ0v) is 10.1. The molecule has 0 aromatic carbocycles. The van der Waals surface area contributed by atoms with Crippen LogP contribution in [0.4, 0.5) is 0 Å². The molecule has 82 valence electrons. The van der Waals surface area contributed by atoms with Gasteiger partial charge >= 0.3 is 0 Å². The van der Waals surface area contributed by atoms with Crippen molar-refractivity contribution in [2.75, 3.05) is 6.54 Å². The highest BCUT2D eigenvalue weighted by Gasteiger charge is 2.32. The number of nitrogens with one attached hydrogen (secondary N) is 1. The van der Waals surface area contributed by atoms with Crippen LogP contribution in [-0.4, -0.2) is 17.7 Å². The quantitative estimate of drug-likeness (QED) is 0.693. The Labute approximate surface area is 92.2 Å². The van der Waals surface area contributed by atoms with Gasteiger partial charge in [-0.25, -0.2) is 0 Å². The van der Waals surface area contributed by atoms with Crippen LogP contribution in [0.25, 0.3) is 0 Å². The molecule has 0 aromatic heterocycles. The molecule has 0 radical (unpaired) electrons. The van der Waals surface area contributed by atoms with Crippen molar-refractivity contribution in [2.24, 2.45) is 5.41 Å². The summed E-state index contributed by atoms with van der Waals surface area (Å²) in [5.41, 5.74) is 0.387. The van der Waals surface area contributed by atoms with Gasteiger partial charge in [-0.15, -0.1) is 0 Å². The SMILES string of the molecule is CCC1(CNC(=O)C(C)S)CCCC1. The third-order valence-electron chi connectivity index (χ3n) is 3.43. The van der Waals surface area contributed by atoms with Crippen molar-refractivity contribution in [1.82, 2.24) is 5.32 Å². The van der Waals surface area contributed by atoms with Gasteiger partial charge < -0.3 is 5.32 Å². The van der Waals surface area contributed by atoms with Gasteiger partial charge in [0.2, 0.25) is 5.91 Å². The average molecular weight is 215 g/mol. The maximum absolute atomic E-state index is 11.4. The monoisotopic (exact) mass is 215 g/mol. The number of thiol groups is 1. The van der Waals surface area contributed by atoms with Gasteiger partial charge in [0, 0.05) is 6.54 Å². The van der Waals surface area contributed by atoms with Crippen LogP contribution >= 0.6 is 12.6 Å². The number of amides is 1. The minimum absolute atomic E-state index is 0.0630. The Morgan fingerprint density at radius 3 is 2.50 bits per heavy atom. The van der Waals surface area contributed by atoms with E-state index in [0.717, 1.165) is 6.54 Å². The van der Waals surface area contributed by atoms with Gasteiger partial charge in [0.05, 0.1) is 5.25 Å². The van der Waals surface area contributed by atoms with Crippen LogP contribution < -0.4 is 5.32 Å². The van der Waals surface area contributed by atoms with Crippen LogP contribution in [0, 0.1) is 5.41 Å². The third kappa shape index (κ3) is 2.91. The van der Waals surface area contributed by atoms with Crippen molar-refractivity contribution in [2.45, 2.75) is 51.2 Å². The van der Waals surface area contributed by atoms with Crippen molar-refractivity contribution in [1.29, 1.82) is 0 Å². The molecule has 0 bridgehead atoms. The van der Waals surface area contributed by atoms with E-state index in [1.54, 1.807) is 0 Å². The first-order chi connectivity index (χ1) is 6.59. The third-order valence-corrected chi connectivity index (χ3v) is 3.67. The summed E-state index contributed by atoms with van der Waals surface area (Å²) in [7, 11) is 0. The molecule has 1 saturated carbocycles. The minimum atomic E-state index is -0.190. The number of hydrogen-bond donors (Lipinski definition) is 2. The second kappa shape index (κ2) is 5.06. The zero-order valence-electron chi connectivity index (χ0n) is 9.18. The number of carbonyl (C=O) groups excluding carboxylic acids is 1. The lowest BCUT2D eigenvalue weighted by molar-refractivity contribution is -0.120. The highest BCUT2D eigenvalue weighted by atomic mass is 32.1. The van der Waals surface area contributed by atoms with E-state index in [0.29, 0.717) is 5.41 Å². The summed E-state index contributed by atoms with van der Waals surface area (Å²) in [6.07, 6.45) is 6.35. The summed E-state index contributed by atoms with van der Waals surface area (Å²) < 4.78 is 0. The van der Waals surface area contributed by atoms with Gasteiger partial charge in [-0.3, -0.25) is 4.79 Å². The van der Waals surface area contributed by atoms with Gasteiger partial charge in [0.25, 0.3) is 0 Å². The highest BCUT2D eigenvalue weighted by Crippen LogP contribution is 2.40. The lowest BCUT2D eigenvalue weighted by atomic mass is 9.83. The molecule has 1 rings (SSSR count). The summed E-state index contributed by atoms with van der Waals surface area (Å²) in [5, 5.41) is 2.81. The van der Waals surface area contributed by atoms with Gasteiger partial charge in [-0.05, 0) is 31.6 Å². The first-order valence-corrected chi connectivity index (χ1v) is 6.07. The van der Waals surface area contributed by atoms with Gasteiger partial charge in [-0.1, -0.05) is 19.8 Å². The molecule has 1 atom stereocenters. The molecular formula is C11H21NOS. The largest absolute Gasteiger partial charge is 0.355 e. The maximum Gasteiger partial charge on any atom is 0.232 e. The lowest BCUT2D eigenvalue weighted by Crippen LogP contribution is -2.38. The summed E-state index contributed by atoms with van der Waals surface area (Å²) in [6.45, 7) is 4.88. The number of hydrogen-bond acceptors (Lipinski definition) is 2. The van der Waals surface area contributed by atoms with Gasteiger partial charge in [-0.2, -0.15) is 12.6 Å². The Kier molecular flexibility index (Phi) is 4.30. The Morgan fingerprint density at radius 1 is 1.50 bits per heavy atom. The molecule has 0 aliphatic heterocycles. The fraction of sp³-hybridized carbons (Fsp3) is 0.909. The van der Waals surface area contributed by atoms with Crippen LogP contribution in [0.15, 0.2) is 0 Å². The van der Waals surface area contributed by atoms with Crippen molar-refractivity contribution < 1.29 is 4.79 Å². The van der Waals surface area contributed by atoms with Crippen molar-refractivity contribution in [3.8, 4) is 0 Å². The topological polar surface area (TPSA) is 29.1 Å². The van der Waals surface area contributed by atoms with Crippen LogP contribution in [0.3, 0.4) is 0 Å². The van der Waals surface area contributed by atoms with E-state index < -0.39 is 0 Å². The fourth-order valence-corrected chi connectivity index (χ4v) is 2.29. The number of carbonyl (C=O) groups is 1. The smallest absolute Gasteiger partial charge is 0.232 e. The van der Waals surface area contributed by atoms with Crippen molar-refractivity contribution in [3.63, 3.8) is 0 Å². The van der Waals surface area contributed by atoms with Crippen molar-refractivity contribution >= 4 is 18.5 Å². The van der Waals surface area contributed by atoms with E-state index in [2.05, 4.69) is 24.9 Å². The average Bonchev–Trinajstić information content (AvgIpc) is 2.63. The van der Waals surface area contributed by atoms with Crippen LogP contribution in [0.5, 0.6) is 0 Å². The summed E-state index contributed by atoms with van der Waals surface area (Å²) in [6, 6.07) is 0. The molecule has 0 spiro atoms. The van der Waals surface area contributed by atoms with E-state index in [4.69, 9.17) is 0 Å². The van der Waals surface area contributed by atoms with Gasteiger partial charge in [0.15, 0.2) is 0 Å². The fourth-order valence-electron chi connectivity index (χ4n) is 2.20. The lowest BCUT2D eigenvalue weighted by Gasteiger charge is -2.27. The molecule has 1 amide bonds. The summed E-state index contributed by atoms with van der Waals surface area (Å²) in [4.78, 5) is 11.4. The Hall–Kier alpha value is -0.180. The molecule has 1 aliphatic carbocycles. The Balaban J connectivity index is 2.38. The van der Waals surface area contributed by atoms with Crippen LogP contribution in [0.2, 0.25) is 0 Å². The Bertz CT molecular complexity index is 197. The first-order valence-electron chi connectivity index (χ1n) is 5.55. The summed E-state index contributed by atoms with van der Waals surface area (Å²) >= 11 is 4.11. The van der Waals surface area contributed by atoms with Crippen LogP contribution in [-0.2, 0) is 4.79 Å². The maximum atomic E-state index is 11.4. The molecule has 1 unspecified atom stereocenters. The predicted molar refractivity (Wildman–Crippen MR) is 62.6 cm³/mol. The predicted octanol–water partition coefficient (Wildman–Crippen LogP) is 2.39. The molecule has 0 saturated heterocycles. The normalized spacial score (nSPS) is 21.9. The molecule has 3 heteroatoms. The van der Waals surface area contributed by atoms with Gasteiger partial charge in [0.1, 0.15) is 0 Å². The highest BCUT2D eigenvalue weighted by molar-refractivity contribution is 7.81. The first kappa shape index (κ1) is 11.9.